The number of carbonyl (C=O) groups excluding carboxylic acids is 1. The first kappa shape index (κ1) is 16.6. The van der Waals surface area contributed by atoms with Crippen molar-refractivity contribution < 1.29 is 9.90 Å². The molecule has 2 rings (SSSR count). The van der Waals surface area contributed by atoms with Crippen LogP contribution in [0.3, 0.4) is 0 Å². The van der Waals surface area contributed by atoms with Crippen LogP contribution in [0.2, 0.25) is 0 Å². The third-order valence-corrected chi connectivity index (χ3v) is 3.52. The molecular weight excluding hydrogens is 282 g/mol. The first-order chi connectivity index (χ1) is 10.4. The lowest BCUT2D eigenvalue weighted by atomic mass is 10.1. The van der Waals surface area contributed by atoms with Gasteiger partial charge in [-0.3, -0.25) is 9.69 Å². The molecule has 7 heteroatoms. The minimum Gasteiger partial charge on any atom is -0.389 e. The van der Waals surface area contributed by atoms with E-state index < -0.39 is 5.60 Å². The van der Waals surface area contributed by atoms with Gasteiger partial charge in [0.1, 0.15) is 0 Å². The normalized spacial score (nSPS) is 16.6. The molecule has 22 heavy (non-hydrogen) atoms. The van der Waals surface area contributed by atoms with Gasteiger partial charge in [-0.1, -0.05) is 0 Å². The molecule has 1 aliphatic heterocycles. The number of hydrogen-bond donors (Lipinski definition) is 2. The number of nitrogens with zero attached hydrogens (tertiary/aromatic N) is 4. The zero-order valence-corrected chi connectivity index (χ0v) is 13.3. The number of aromatic nitrogens is 2. The fourth-order valence-corrected chi connectivity index (χ4v) is 2.53. The number of aliphatic hydroxyl groups is 1. The van der Waals surface area contributed by atoms with Crippen molar-refractivity contribution in [2.75, 3.05) is 44.6 Å². The van der Waals surface area contributed by atoms with E-state index in [1.165, 1.54) is 0 Å². The predicted molar refractivity (Wildman–Crippen MR) is 84.5 cm³/mol. The second-order valence-corrected chi connectivity index (χ2v) is 6.22. The fraction of sp³-hybridized carbons (Fsp3) is 0.667. The number of piperazine rings is 1. The van der Waals surface area contributed by atoms with Gasteiger partial charge in [-0.05, 0) is 19.9 Å². The molecule has 1 saturated heterocycles. The summed E-state index contributed by atoms with van der Waals surface area (Å²) in [6, 6.07) is 1.75. The van der Waals surface area contributed by atoms with Gasteiger partial charge < -0.3 is 15.3 Å². The summed E-state index contributed by atoms with van der Waals surface area (Å²) in [4.78, 5) is 24.3. The first-order valence-corrected chi connectivity index (χ1v) is 7.67. The van der Waals surface area contributed by atoms with E-state index in [2.05, 4.69) is 20.2 Å². The Morgan fingerprint density at radius 1 is 1.27 bits per heavy atom. The van der Waals surface area contributed by atoms with Crippen LogP contribution >= 0.6 is 0 Å². The molecule has 1 aliphatic rings. The van der Waals surface area contributed by atoms with E-state index >= 15 is 0 Å². The van der Waals surface area contributed by atoms with Crippen molar-refractivity contribution in [3.05, 3.63) is 18.5 Å². The Bertz CT molecular complexity index is 467. The van der Waals surface area contributed by atoms with E-state index in [-0.39, 0.29) is 5.91 Å². The van der Waals surface area contributed by atoms with Gasteiger partial charge in [-0.2, -0.15) is 0 Å². The zero-order valence-electron chi connectivity index (χ0n) is 13.3. The summed E-state index contributed by atoms with van der Waals surface area (Å²) in [5.74, 6) is 0.691. The van der Waals surface area contributed by atoms with Crippen molar-refractivity contribution in [1.82, 2.24) is 19.8 Å². The largest absolute Gasteiger partial charge is 0.389 e. The number of carbonyl (C=O) groups is 1. The lowest BCUT2D eigenvalue weighted by Crippen LogP contribution is -2.52. The smallest absolute Gasteiger partial charge is 0.224 e. The molecule has 1 aromatic rings. The maximum Gasteiger partial charge on any atom is 0.224 e. The number of nitrogens with one attached hydrogen (secondary N) is 1. The number of amides is 1. The second kappa shape index (κ2) is 7.51. The van der Waals surface area contributed by atoms with Crippen molar-refractivity contribution in [2.24, 2.45) is 0 Å². The maximum atomic E-state index is 12.2. The van der Waals surface area contributed by atoms with Crippen LogP contribution in [0.15, 0.2) is 18.5 Å². The SMILES string of the molecule is CC(C)(O)CN1CCN(C(=O)CCNc2ncccn2)CC1. The van der Waals surface area contributed by atoms with Crippen LogP contribution in [-0.2, 0) is 4.79 Å². The Morgan fingerprint density at radius 2 is 1.91 bits per heavy atom. The maximum absolute atomic E-state index is 12.2. The van der Waals surface area contributed by atoms with Gasteiger partial charge in [-0.25, -0.2) is 9.97 Å². The van der Waals surface area contributed by atoms with Crippen LogP contribution in [0.4, 0.5) is 5.95 Å². The molecule has 0 aromatic carbocycles. The van der Waals surface area contributed by atoms with E-state index in [1.54, 1.807) is 18.5 Å². The highest BCUT2D eigenvalue weighted by molar-refractivity contribution is 5.76. The van der Waals surface area contributed by atoms with Gasteiger partial charge >= 0.3 is 0 Å². The van der Waals surface area contributed by atoms with Crippen LogP contribution in [0, 0.1) is 0 Å². The van der Waals surface area contributed by atoms with Gasteiger partial charge in [0.15, 0.2) is 0 Å². The summed E-state index contributed by atoms with van der Waals surface area (Å²) in [5, 5.41) is 12.9. The summed E-state index contributed by atoms with van der Waals surface area (Å²) in [6.07, 6.45) is 3.77. The molecule has 0 aliphatic carbocycles. The Hall–Kier alpha value is -1.73. The lowest BCUT2D eigenvalue weighted by molar-refractivity contribution is -0.133. The van der Waals surface area contributed by atoms with Gasteiger partial charge in [0, 0.05) is 58.1 Å². The third-order valence-electron chi connectivity index (χ3n) is 3.52. The van der Waals surface area contributed by atoms with Crippen molar-refractivity contribution >= 4 is 11.9 Å². The predicted octanol–water partition coefficient (Wildman–Crippen LogP) is 0.194. The molecule has 1 fully saturated rings. The van der Waals surface area contributed by atoms with Crippen LogP contribution in [-0.4, -0.2) is 75.7 Å². The Balaban J connectivity index is 1.67. The van der Waals surface area contributed by atoms with E-state index in [0.29, 0.717) is 25.5 Å². The van der Waals surface area contributed by atoms with E-state index in [0.717, 1.165) is 26.2 Å². The summed E-state index contributed by atoms with van der Waals surface area (Å²) in [6.45, 7) is 7.85. The highest BCUT2D eigenvalue weighted by atomic mass is 16.3. The number of rotatable bonds is 6. The Labute approximate surface area is 131 Å². The summed E-state index contributed by atoms with van der Waals surface area (Å²) in [5.41, 5.74) is -0.689. The molecule has 1 aromatic heterocycles. The average Bonchev–Trinajstić information content (AvgIpc) is 2.47. The van der Waals surface area contributed by atoms with Gasteiger partial charge in [-0.15, -0.1) is 0 Å². The topological polar surface area (TPSA) is 81.6 Å². The molecule has 0 bridgehead atoms. The summed E-state index contributed by atoms with van der Waals surface area (Å²) in [7, 11) is 0. The van der Waals surface area contributed by atoms with Gasteiger partial charge in [0.05, 0.1) is 5.60 Å². The monoisotopic (exact) mass is 307 g/mol. The zero-order chi connectivity index (χ0) is 16.0. The van der Waals surface area contributed by atoms with Crippen molar-refractivity contribution in [3.63, 3.8) is 0 Å². The molecule has 0 unspecified atom stereocenters. The third kappa shape index (κ3) is 5.57. The molecule has 0 atom stereocenters. The molecule has 0 radical (unpaired) electrons. The molecule has 0 saturated carbocycles. The van der Waals surface area contributed by atoms with E-state index in [9.17, 15) is 9.90 Å². The number of anilines is 1. The van der Waals surface area contributed by atoms with Crippen LogP contribution in [0.5, 0.6) is 0 Å². The molecule has 2 heterocycles. The average molecular weight is 307 g/mol. The molecule has 0 spiro atoms. The molecule has 122 valence electrons. The van der Waals surface area contributed by atoms with E-state index in [4.69, 9.17) is 0 Å². The lowest BCUT2D eigenvalue weighted by Gasteiger charge is -2.37. The first-order valence-electron chi connectivity index (χ1n) is 7.67. The Morgan fingerprint density at radius 3 is 2.50 bits per heavy atom. The second-order valence-electron chi connectivity index (χ2n) is 6.22. The molecule has 1 amide bonds. The molecular formula is C15H25N5O2. The fourth-order valence-electron chi connectivity index (χ4n) is 2.53. The van der Waals surface area contributed by atoms with Crippen LogP contribution < -0.4 is 5.32 Å². The minimum atomic E-state index is -0.689. The highest BCUT2D eigenvalue weighted by Crippen LogP contribution is 2.09. The van der Waals surface area contributed by atoms with Gasteiger partial charge in [0.2, 0.25) is 11.9 Å². The van der Waals surface area contributed by atoms with Crippen molar-refractivity contribution in [2.45, 2.75) is 25.9 Å². The van der Waals surface area contributed by atoms with Crippen molar-refractivity contribution in [3.8, 4) is 0 Å². The standard InChI is InChI=1S/C15H25N5O2/c1-15(2,22)12-19-8-10-20(11-9-19)13(21)4-7-18-14-16-5-3-6-17-14/h3,5-6,22H,4,7-12H2,1-2H3,(H,16,17,18). The summed E-state index contributed by atoms with van der Waals surface area (Å²) < 4.78 is 0. The Kier molecular flexibility index (Phi) is 5.68. The molecule has 7 nitrogen and oxygen atoms in total. The quantitative estimate of drug-likeness (QED) is 0.781. The van der Waals surface area contributed by atoms with Crippen LogP contribution in [0.25, 0.3) is 0 Å². The minimum absolute atomic E-state index is 0.145. The van der Waals surface area contributed by atoms with E-state index in [1.807, 2.05) is 18.7 Å². The highest BCUT2D eigenvalue weighted by Gasteiger charge is 2.24. The van der Waals surface area contributed by atoms with Gasteiger partial charge in [0.25, 0.3) is 0 Å². The number of β-amino-alcohol motifs (C(OH)–C–C–N with tert-alkyl or cyclic N) is 1. The summed E-state index contributed by atoms with van der Waals surface area (Å²) >= 11 is 0. The van der Waals surface area contributed by atoms with Crippen LogP contribution in [0.1, 0.15) is 20.3 Å². The number of hydrogen-bond acceptors (Lipinski definition) is 6. The van der Waals surface area contributed by atoms with Crippen molar-refractivity contribution in [1.29, 1.82) is 0 Å². The molecule has 2 N–H and O–H groups in total.